The SMILES string of the molecule is COc1cccc(\C=C(/C(=C(\C(=C(/C(=C/c2cccc(OC)c2)c2cccc(OC)c2)c2cccc(OC)c2)c2cccc(OC)c2)c2cccc(OC)c2)c2cccc(OC)c2)c2cccc(OC)c2)c1. The molecule has 0 spiro atoms. The molecule has 8 aromatic rings. The van der Waals surface area contributed by atoms with Gasteiger partial charge in [0.25, 0.3) is 0 Å². The molecule has 72 heavy (non-hydrogen) atoms. The van der Waals surface area contributed by atoms with Crippen LogP contribution in [0.1, 0.15) is 44.5 Å². The highest BCUT2D eigenvalue weighted by molar-refractivity contribution is 6.35. The average molecular weight is 955 g/mol. The van der Waals surface area contributed by atoms with Crippen LogP contribution < -0.4 is 37.9 Å². The molecule has 0 heterocycles. The van der Waals surface area contributed by atoms with E-state index < -0.39 is 0 Å². The van der Waals surface area contributed by atoms with Gasteiger partial charge < -0.3 is 37.9 Å². The van der Waals surface area contributed by atoms with Gasteiger partial charge in [0.1, 0.15) is 46.0 Å². The molecule has 8 nitrogen and oxygen atoms in total. The van der Waals surface area contributed by atoms with Gasteiger partial charge in [0.05, 0.1) is 56.9 Å². The zero-order valence-electron chi connectivity index (χ0n) is 41.9. The summed E-state index contributed by atoms with van der Waals surface area (Å²) in [4.78, 5) is 0. The molecule has 0 aliphatic rings. The summed E-state index contributed by atoms with van der Waals surface area (Å²) >= 11 is 0. The highest BCUT2D eigenvalue weighted by Crippen LogP contribution is 2.52. The molecule has 0 atom stereocenters. The van der Waals surface area contributed by atoms with Crippen molar-refractivity contribution in [2.45, 2.75) is 0 Å². The van der Waals surface area contributed by atoms with E-state index in [4.69, 9.17) is 37.9 Å². The molecular weight excluding hydrogens is 897 g/mol. The summed E-state index contributed by atoms with van der Waals surface area (Å²) in [7, 11) is 13.5. The van der Waals surface area contributed by atoms with Gasteiger partial charge in [-0.1, -0.05) is 97.1 Å². The van der Waals surface area contributed by atoms with Crippen LogP contribution in [0.25, 0.3) is 45.6 Å². The molecule has 8 heteroatoms. The maximum absolute atomic E-state index is 6.09. The summed E-state index contributed by atoms with van der Waals surface area (Å²) in [5.41, 5.74) is 12.2. The Morgan fingerprint density at radius 3 is 0.708 bits per heavy atom. The van der Waals surface area contributed by atoms with Crippen LogP contribution in [0.4, 0.5) is 0 Å². The summed E-state index contributed by atoms with van der Waals surface area (Å²) < 4.78 is 47.8. The van der Waals surface area contributed by atoms with Gasteiger partial charge in [-0.05, 0) is 187 Å². The van der Waals surface area contributed by atoms with E-state index in [0.717, 1.165) is 89.4 Å². The molecule has 362 valence electrons. The molecule has 0 saturated carbocycles. The van der Waals surface area contributed by atoms with E-state index in [-0.39, 0.29) is 0 Å². The minimum atomic E-state index is 0.669. The first kappa shape index (κ1) is 49.5. The summed E-state index contributed by atoms with van der Waals surface area (Å²) in [6, 6.07) is 65.2. The number of benzene rings is 8. The Morgan fingerprint density at radius 1 is 0.236 bits per heavy atom. The van der Waals surface area contributed by atoms with Crippen molar-refractivity contribution in [1.82, 2.24) is 0 Å². The van der Waals surface area contributed by atoms with E-state index in [1.807, 2.05) is 109 Å². The molecule has 0 bridgehead atoms. The van der Waals surface area contributed by atoms with Gasteiger partial charge >= 0.3 is 0 Å². The number of rotatable bonds is 19. The van der Waals surface area contributed by atoms with Crippen LogP contribution in [0, 0.1) is 0 Å². The van der Waals surface area contributed by atoms with E-state index in [0.29, 0.717) is 34.5 Å². The van der Waals surface area contributed by atoms with Gasteiger partial charge in [-0.3, -0.25) is 0 Å². The molecule has 0 radical (unpaired) electrons. The lowest BCUT2D eigenvalue weighted by Crippen LogP contribution is -2.05. The summed E-state index contributed by atoms with van der Waals surface area (Å²) in [5, 5.41) is 0. The molecular formula is C64H58O8. The van der Waals surface area contributed by atoms with Crippen molar-refractivity contribution < 1.29 is 37.9 Å². The zero-order valence-corrected chi connectivity index (χ0v) is 41.9. The van der Waals surface area contributed by atoms with Crippen molar-refractivity contribution in [3.63, 3.8) is 0 Å². The highest BCUT2D eigenvalue weighted by atomic mass is 16.5. The van der Waals surface area contributed by atoms with E-state index in [2.05, 4.69) is 97.1 Å². The second-order valence-corrected chi connectivity index (χ2v) is 16.6. The maximum atomic E-state index is 6.09. The lowest BCUT2D eigenvalue weighted by Gasteiger charge is -2.28. The van der Waals surface area contributed by atoms with Crippen LogP contribution >= 0.6 is 0 Å². The second kappa shape index (κ2) is 23.6. The summed E-state index contributed by atoms with van der Waals surface area (Å²) in [6.07, 6.45) is 4.41. The van der Waals surface area contributed by atoms with E-state index in [1.165, 1.54) is 0 Å². The molecule has 0 fully saturated rings. The molecule has 0 saturated heterocycles. The van der Waals surface area contributed by atoms with Crippen molar-refractivity contribution in [2.75, 3.05) is 56.9 Å². The number of methoxy groups -OCH3 is 8. The number of allylic oxidation sites excluding steroid dienone is 6. The molecule has 0 N–H and O–H groups in total. The van der Waals surface area contributed by atoms with Crippen molar-refractivity contribution >= 4 is 45.6 Å². The van der Waals surface area contributed by atoms with Crippen molar-refractivity contribution in [3.8, 4) is 46.0 Å². The Labute approximate surface area is 423 Å². The fourth-order valence-corrected chi connectivity index (χ4v) is 8.79. The fourth-order valence-electron chi connectivity index (χ4n) is 8.79. The lowest BCUT2D eigenvalue weighted by atomic mass is 9.76. The largest absolute Gasteiger partial charge is 0.497 e. The normalized spacial score (nSPS) is 12.2. The standard InChI is InChI=1S/C64H58O8/c1-65-51-25-9-17-43(33-51)35-59(45-19-11-27-53(37-45)67-3)61(47-21-13-29-55(39-47)69-5)63(49-23-15-31-57(41-49)71-7)64(50-24-16-32-58(42-50)72-8)62(48-22-14-30-56(40-48)70-6)60(46-20-12-28-54(38-46)68-4)36-44-18-10-26-52(34-44)66-2/h9-42H,1-8H3/b59-35-,60-36+,63-61-,64-62-. The molecule has 0 aliphatic heterocycles. The minimum Gasteiger partial charge on any atom is -0.497 e. The molecule has 8 rings (SSSR count). The first-order valence-corrected chi connectivity index (χ1v) is 23.4. The van der Waals surface area contributed by atoms with E-state index in [1.54, 1.807) is 56.9 Å². The first-order valence-electron chi connectivity index (χ1n) is 23.4. The Balaban J connectivity index is 1.74. The van der Waals surface area contributed by atoms with Gasteiger partial charge in [0, 0.05) is 0 Å². The monoisotopic (exact) mass is 954 g/mol. The highest BCUT2D eigenvalue weighted by Gasteiger charge is 2.29. The first-order chi connectivity index (χ1) is 35.3. The Kier molecular flexibility index (Phi) is 16.3. The van der Waals surface area contributed by atoms with E-state index in [9.17, 15) is 0 Å². The fraction of sp³-hybridized carbons (Fsp3) is 0.125. The molecule has 0 aliphatic carbocycles. The maximum Gasteiger partial charge on any atom is 0.119 e. The quantitative estimate of drug-likeness (QED) is 0.0586. The van der Waals surface area contributed by atoms with Crippen molar-refractivity contribution in [3.05, 3.63) is 239 Å². The Hall–Kier alpha value is -8.88. The van der Waals surface area contributed by atoms with Crippen molar-refractivity contribution in [2.24, 2.45) is 0 Å². The van der Waals surface area contributed by atoms with Crippen LogP contribution in [0.15, 0.2) is 194 Å². The number of ether oxygens (including phenoxy) is 8. The number of hydrogen-bond acceptors (Lipinski definition) is 8. The third-order valence-corrected chi connectivity index (χ3v) is 12.3. The smallest absolute Gasteiger partial charge is 0.119 e. The van der Waals surface area contributed by atoms with Crippen molar-refractivity contribution in [1.29, 1.82) is 0 Å². The third kappa shape index (κ3) is 11.4. The van der Waals surface area contributed by atoms with Gasteiger partial charge in [-0.15, -0.1) is 0 Å². The van der Waals surface area contributed by atoms with Gasteiger partial charge in [-0.2, -0.15) is 0 Å². The molecule has 0 aromatic heterocycles. The summed E-state index contributed by atoms with van der Waals surface area (Å²) in [5.74, 6) is 5.52. The molecule has 8 aromatic carbocycles. The van der Waals surface area contributed by atoms with Crippen LogP contribution in [-0.2, 0) is 0 Å². The summed E-state index contributed by atoms with van der Waals surface area (Å²) in [6.45, 7) is 0. The van der Waals surface area contributed by atoms with E-state index >= 15 is 0 Å². The van der Waals surface area contributed by atoms with Gasteiger partial charge in [0.2, 0.25) is 0 Å². The van der Waals surface area contributed by atoms with Gasteiger partial charge in [0.15, 0.2) is 0 Å². The Morgan fingerprint density at radius 2 is 0.444 bits per heavy atom. The zero-order chi connectivity index (χ0) is 50.4. The van der Waals surface area contributed by atoms with Crippen LogP contribution in [0.2, 0.25) is 0 Å². The Bertz CT molecular complexity index is 3080. The topological polar surface area (TPSA) is 73.8 Å². The molecule has 0 unspecified atom stereocenters. The number of hydrogen-bond donors (Lipinski definition) is 0. The minimum absolute atomic E-state index is 0.669. The predicted molar refractivity (Wildman–Crippen MR) is 293 cm³/mol. The van der Waals surface area contributed by atoms with Gasteiger partial charge in [-0.25, -0.2) is 0 Å². The van der Waals surface area contributed by atoms with Crippen LogP contribution in [0.5, 0.6) is 46.0 Å². The van der Waals surface area contributed by atoms with Crippen LogP contribution in [0.3, 0.4) is 0 Å². The lowest BCUT2D eigenvalue weighted by molar-refractivity contribution is 0.414. The average Bonchev–Trinajstić information content (AvgIpc) is 3.45. The second-order valence-electron chi connectivity index (χ2n) is 16.6. The predicted octanol–water partition coefficient (Wildman–Crippen LogP) is 14.8. The third-order valence-electron chi connectivity index (χ3n) is 12.3. The van der Waals surface area contributed by atoms with Crippen LogP contribution in [-0.4, -0.2) is 56.9 Å². The molecule has 0 amide bonds.